The van der Waals surface area contributed by atoms with Crippen LogP contribution in [0.2, 0.25) is 0 Å². The zero-order valence-electron chi connectivity index (χ0n) is 10.7. The first kappa shape index (κ1) is 12.2. The molecule has 98 valence electrons. The summed E-state index contributed by atoms with van der Waals surface area (Å²) in [4.78, 5) is 4.02. The molecule has 0 amide bonds. The average molecular weight is 263 g/mol. The van der Waals surface area contributed by atoms with E-state index in [1.807, 2.05) is 30.3 Å². The molecular formula is C17H13NO2. The largest absolute Gasteiger partial charge is 0.507 e. The highest BCUT2D eigenvalue weighted by Gasteiger charge is 2.15. The Morgan fingerprint density at radius 3 is 2.20 bits per heavy atom. The van der Waals surface area contributed by atoms with Gasteiger partial charge in [0.1, 0.15) is 11.5 Å². The third-order valence-electron chi connectivity index (χ3n) is 3.19. The van der Waals surface area contributed by atoms with Crippen molar-refractivity contribution >= 4 is 0 Å². The summed E-state index contributed by atoms with van der Waals surface area (Å²) in [5.41, 5.74) is 2.66. The summed E-state index contributed by atoms with van der Waals surface area (Å²) < 4.78 is 0. The lowest BCUT2D eigenvalue weighted by atomic mass is 9.97. The fourth-order valence-corrected chi connectivity index (χ4v) is 2.23. The topological polar surface area (TPSA) is 53.4 Å². The van der Waals surface area contributed by atoms with E-state index in [2.05, 4.69) is 4.98 Å². The van der Waals surface area contributed by atoms with E-state index in [0.717, 1.165) is 5.56 Å². The van der Waals surface area contributed by atoms with Crippen LogP contribution in [-0.2, 0) is 0 Å². The number of nitrogens with zero attached hydrogens (tertiary/aromatic N) is 1. The van der Waals surface area contributed by atoms with Crippen molar-refractivity contribution in [3.63, 3.8) is 0 Å². The molecule has 1 heterocycles. The van der Waals surface area contributed by atoms with E-state index in [-0.39, 0.29) is 11.5 Å². The molecule has 0 aliphatic heterocycles. The summed E-state index contributed by atoms with van der Waals surface area (Å²) in [5.74, 6) is 0.0966. The molecule has 3 heteroatoms. The third kappa shape index (κ3) is 2.10. The van der Waals surface area contributed by atoms with Gasteiger partial charge in [0, 0.05) is 23.5 Å². The monoisotopic (exact) mass is 263 g/mol. The summed E-state index contributed by atoms with van der Waals surface area (Å²) in [7, 11) is 0. The summed E-state index contributed by atoms with van der Waals surface area (Å²) in [6, 6.07) is 16.4. The van der Waals surface area contributed by atoms with Gasteiger partial charge in [0.15, 0.2) is 0 Å². The Morgan fingerprint density at radius 2 is 1.50 bits per heavy atom. The molecule has 0 saturated carbocycles. The second-order valence-electron chi connectivity index (χ2n) is 4.46. The van der Waals surface area contributed by atoms with E-state index >= 15 is 0 Å². The van der Waals surface area contributed by atoms with Crippen LogP contribution in [0.5, 0.6) is 11.5 Å². The first-order valence-corrected chi connectivity index (χ1v) is 6.28. The van der Waals surface area contributed by atoms with Gasteiger partial charge in [-0.15, -0.1) is 0 Å². The number of benzene rings is 2. The standard InChI is InChI=1S/C17H13NO2/c19-15-9-8-14(12-5-2-1-3-6-12)17(20)16(15)13-7-4-10-18-11-13/h1-11,19-20H. The minimum atomic E-state index is 0.0372. The number of aromatic hydroxyl groups is 2. The Bertz CT molecular complexity index is 725. The SMILES string of the molecule is Oc1ccc(-c2ccccc2)c(O)c1-c1cccnc1. The van der Waals surface area contributed by atoms with E-state index < -0.39 is 0 Å². The van der Waals surface area contributed by atoms with Gasteiger partial charge in [-0.05, 0) is 23.8 Å². The second-order valence-corrected chi connectivity index (χ2v) is 4.46. The summed E-state index contributed by atoms with van der Waals surface area (Å²) >= 11 is 0. The van der Waals surface area contributed by atoms with Gasteiger partial charge in [0.2, 0.25) is 0 Å². The molecule has 0 aliphatic rings. The van der Waals surface area contributed by atoms with Crippen molar-refractivity contribution in [1.29, 1.82) is 0 Å². The van der Waals surface area contributed by atoms with Gasteiger partial charge in [0.05, 0.1) is 5.56 Å². The van der Waals surface area contributed by atoms with E-state index in [9.17, 15) is 10.2 Å². The fourth-order valence-electron chi connectivity index (χ4n) is 2.23. The van der Waals surface area contributed by atoms with Crippen molar-refractivity contribution in [3.05, 3.63) is 67.0 Å². The lowest BCUT2D eigenvalue weighted by Crippen LogP contribution is -1.86. The van der Waals surface area contributed by atoms with Crippen LogP contribution in [0.1, 0.15) is 0 Å². The van der Waals surface area contributed by atoms with Crippen LogP contribution >= 0.6 is 0 Å². The number of hydrogen-bond acceptors (Lipinski definition) is 3. The molecule has 2 N–H and O–H groups in total. The number of pyridine rings is 1. The van der Waals surface area contributed by atoms with Crippen LogP contribution in [0.15, 0.2) is 67.0 Å². The molecule has 0 atom stereocenters. The number of aromatic nitrogens is 1. The van der Waals surface area contributed by atoms with Gasteiger partial charge < -0.3 is 10.2 Å². The summed E-state index contributed by atoms with van der Waals surface area (Å²) in [5, 5.41) is 20.5. The van der Waals surface area contributed by atoms with Crippen LogP contribution < -0.4 is 0 Å². The molecule has 0 spiro atoms. The van der Waals surface area contributed by atoms with E-state index in [1.54, 1.807) is 36.7 Å². The van der Waals surface area contributed by atoms with Crippen LogP contribution in [0, 0.1) is 0 Å². The Kier molecular flexibility index (Phi) is 3.09. The number of rotatable bonds is 2. The van der Waals surface area contributed by atoms with Crippen LogP contribution in [0.25, 0.3) is 22.3 Å². The van der Waals surface area contributed by atoms with Gasteiger partial charge in [-0.25, -0.2) is 0 Å². The van der Waals surface area contributed by atoms with Gasteiger partial charge in [-0.3, -0.25) is 4.98 Å². The van der Waals surface area contributed by atoms with Crippen LogP contribution in [-0.4, -0.2) is 15.2 Å². The van der Waals surface area contributed by atoms with Crippen molar-refractivity contribution < 1.29 is 10.2 Å². The lowest BCUT2D eigenvalue weighted by molar-refractivity contribution is 0.455. The Balaban J connectivity index is 2.22. The number of phenols is 2. The molecule has 0 saturated heterocycles. The highest BCUT2D eigenvalue weighted by atomic mass is 16.3. The average Bonchev–Trinajstić information content (AvgIpc) is 2.49. The molecule has 2 aromatic carbocycles. The molecular weight excluding hydrogens is 250 g/mol. The summed E-state index contributed by atoms with van der Waals surface area (Å²) in [6.07, 6.45) is 3.27. The second kappa shape index (κ2) is 5.05. The van der Waals surface area contributed by atoms with Crippen molar-refractivity contribution in [2.75, 3.05) is 0 Å². The zero-order chi connectivity index (χ0) is 13.9. The zero-order valence-corrected chi connectivity index (χ0v) is 10.7. The first-order chi connectivity index (χ1) is 9.77. The maximum atomic E-state index is 10.5. The molecule has 0 aliphatic carbocycles. The van der Waals surface area contributed by atoms with Crippen molar-refractivity contribution in [3.8, 4) is 33.8 Å². The van der Waals surface area contributed by atoms with Crippen LogP contribution in [0.3, 0.4) is 0 Å². The molecule has 0 bridgehead atoms. The lowest BCUT2D eigenvalue weighted by Gasteiger charge is -2.12. The minimum absolute atomic E-state index is 0.0372. The Morgan fingerprint density at radius 1 is 0.750 bits per heavy atom. The van der Waals surface area contributed by atoms with E-state index in [0.29, 0.717) is 16.7 Å². The maximum Gasteiger partial charge on any atom is 0.135 e. The first-order valence-electron chi connectivity index (χ1n) is 6.28. The van der Waals surface area contributed by atoms with Crippen molar-refractivity contribution in [2.45, 2.75) is 0 Å². The van der Waals surface area contributed by atoms with Gasteiger partial charge in [0.25, 0.3) is 0 Å². The minimum Gasteiger partial charge on any atom is -0.507 e. The molecule has 3 nitrogen and oxygen atoms in total. The normalized spacial score (nSPS) is 10.4. The molecule has 0 radical (unpaired) electrons. The van der Waals surface area contributed by atoms with Gasteiger partial charge in [-0.1, -0.05) is 36.4 Å². The smallest absolute Gasteiger partial charge is 0.135 e. The number of hydrogen-bond donors (Lipinski definition) is 2. The molecule has 3 rings (SSSR count). The van der Waals surface area contributed by atoms with Crippen molar-refractivity contribution in [1.82, 2.24) is 4.98 Å². The predicted molar refractivity (Wildman–Crippen MR) is 78.4 cm³/mol. The highest BCUT2D eigenvalue weighted by Crippen LogP contribution is 2.43. The third-order valence-corrected chi connectivity index (χ3v) is 3.19. The van der Waals surface area contributed by atoms with E-state index in [1.165, 1.54) is 0 Å². The molecule has 0 fully saturated rings. The van der Waals surface area contributed by atoms with Crippen LogP contribution in [0.4, 0.5) is 0 Å². The quantitative estimate of drug-likeness (QED) is 0.738. The fraction of sp³-hybridized carbons (Fsp3) is 0. The van der Waals surface area contributed by atoms with E-state index in [4.69, 9.17) is 0 Å². The molecule has 3 aromatic rings. The highest BCUT2D eigenvalue weighted by molar-refractivity contribution is 5.85. The summed E-state index contributed by atoms with van der Waals surface area (Å²) in [6.45, 7) is 0. The molecule has 0 unspecified atom stereocenters. The molecule has 20 heavy (non-hydrogen) atoms. The van der Waals surface area contributed by atoms with Crippen molar-refractivity contribution in [2.24, 2.45) is 0 Å². The van der Waals surface area contributed by atoms with Gasteiger partial charge in [-0.2, -0.15) is 0 Å². The number of phenolic OH excluding ortho intramolecular Hbond substituents is 2. The maximum absolute atomic E-state index is 10.5. The van der Waals surface area contributed by atoms with Gasteiger partial charge >= 0.3 is 0 Å². The predicted octanol–water partition coefficient (Wildman–Crippen LogP) is 3.83. The molecule has 1 aromatic heterocycles. The Labute approximate surface area is 116 Å². The Hall–Kier alpha value is -2.81.